The predicted molar refractivity (Wildman–Crippen MR) is 75.4 cm³/mol. The molecule has 1 saturated heterocycles. The molecular formula is C12H26N2O4S. The Morgan fingerprint density at radius 1 is 1.32 bits per heavy atom. The topological polar surface area (TPSA) is 75.7 Å². The second-order valence-electron chi connectivity index (χ2n) is 6.15. The molecule has 1 fully saturated rings. The lowest BCUT2D eigenvalue weighted by Gasteiger charge is -2.40. The molecule has 0 radical (unpaired) electrons. The second kappa shape index (κ2) is 6.67. The van der Waals surface area contributed by atoms with Gasteiger partial charge in [0, 0.05) is 25.2 Å². The minimum atomic E-state index is -3.04. The van der Waals surface area contributed by atoms with Gasteiger partial charge in [0.05, 0.1) is 6.26 Å². The van der Waals surface area contributed by atoms with E-state index < -0.39 is 10.0 Å². The standard InChI is InChI=1S/C7H16N2O2S.C5H10O2/c1-7(2)6-8-4-5-9(7)12(3,10)11;1-5(2,3)7-4-6/h8H,4-6H2,1-3H3;4H,1-3H3. The molecule has 1 rings (SSSR count). The molecule has 0 amide bonds. The number of nitrogens with one attached hydrogen (secondary N) is 1. The number of piperazine rings is 1. The van der Waals surface area contributed by atoms with Crippen LogP contribution in [0.4, 0.5) is 0 Å². The predicted octanol–water partition coefficient (Wildman–Crippen LogP) is 0.588. The molecule has 0 aromatic rings. The number of carbonyl (C=O) groups excluding carboxylic acids is 1. The van der Waals surface area contributed by atoms with Crippen molar-refractivity contribution in [2.24, 2.45) is 0 Å². The molecule has 1 N–H and O–H groups in total. The van der Waals surface area contributed by atoms with E-state index in [0.717, 1.165) is 13.1 Å². The van der Waals surface area contributed by atoms with Crippen LogP contribution < -0.4 is 5.32 Å². The van der Waals surface area contributed by atoms with E-state index in [0.29, 0.717) is 13.0 Å². The van der Waals surface area contributed by atoms with Crippen molar-refractivity contribution in [3.63, 3.8) is 0 Å². The summed E-state index contributed by atoms with van der Waals surface area (Å²) >= 11 is 0. The Kier molecular flexibility index (Phi) is 6.44. The van der Waals surface area contributed by atoms with Crippen LogP contribution in [0.3, 0.4) is 0 Å². The Hall–Kier alpha value is -0.660. The molecule has 114 valence electrons. The van der Waals surface area contributed by atoms with Crippen molar-refractivity contribution in [3.05, 3.63) is 0 Å². The minimum absolute atomic E-state index is 0.286. The van der Waals surface area contributed by atoms with Crippen molar-refractivity contribution in [2.75, 3.05) is 25.9 Å². The Balaban J connectivity index is 0.000000399. The molecule has 1 aliphatic heterocycles. The fraction of sp³-hybridized carbons (Fsp3) is 0.917. The van der Waals surface area contributed by atoms with Gasteiger partial charge in [0.1, 0.15) is 5.60 Å². The third kappa shape index (κ3) is 7.49. The third-order valence-electron chi connectivity index (χ3n) is 2.53. The van der Waals surface area contributed by atoms with Gasteiger partial charge < -0.3 is 10.1 Å². The van der Waals surface area contributed by atoms with Crippen LogP contribution in [0.5, 0.6) is 0 Å². The average molecular weight is 294 g/mol. The van der Waals surface area contributed by atoms with E-state index in [1.165, 1.54) is 6.26 Å². The summed E-state index contributed by atoms with van der Waals surface area (Å²) in [7, 11) is -3.04. The molecule has 1 heterocycles. The van der Waals surface area contributed by atoms with Gasteiger partial charge >= 0.3 is 0 Å². The highest BCUT2D eigenvalue weighted by Crippen LogP contribution is 2.18. The Labute approximate surface area is 116 Å². The van der Waals surface area contributed by atoms with Crippen LogP contribution in [0, 0.1) is 0 Å². The van der Waals surface area contributed by atoms with Crippen molar-refractivity contribution >= 4 is 16.5 Å². The lowest BCUT2D eigenvalue weighted by molar-refractivity contribution is -0.138. The van der Waals surface area contributed by atoms with E-state index in [2.05, 4.69) is 10.1 Å². The lowest BCUT2D eigenvalue weighted by Crippen LogP contribution is -2.59. The third-order valence-corrected chi connectivity index (χ3v) is 4.00. The zero-order chi connectivity index (χ0) is 15.3. The number of nitrogens with zero attached hydrogens (tertiary/aromatic N) is 1. The maximum absolute atomic E-state index is 11.3. The summed E-state index contributed by atoms with van der Waals surface area (Å²) in [4.78, 5) is 9.60. The molecule has 19 heavy (non-hydrogen) atoms. The fourth-order valence-corrected chi connectivity index (χ4v) is 3.11. The van der Waals surface area contributed by atoms with E-state index in [4.69, 9.17) is 0 Å². The number of carbonyl (C=O) groups is 1. The van der Waals surface area contributed by atoms with Crippen molar-refractivity contribution in [1.29, 1.82) is 0 Å². The first-order valence-electron chi connectivity index (χ1n) is 6.20. The Bertz CT molecular complexity index is 385. The van der Waals surface area contributed by atoms with Gasteiger partial charge in [-0.3, -0.25) is 4.79 Å². The van der Waals surface area contributed by atoms with E-state index >= 15 is 0 Å². The quantitative estimate of drug-likeness (QED) is 0.754. The van der Waals surface area contributed by atoms with Gasteiger partial charge in [-0.05, 0) is 34.6 Å². The van der Waals surface area contributed by atoms with Gasteiger partial charge in [-0.15, -0.1) is 0 Å². The summed E-state index contributed by atoms with van der Waals surface area (Å²) in [5.74, 6) is 0. The molecule has 0 aromatic carbocycles. The van der Waals surface area contributed by atoms with Crippen molar-refractivity contribution in [3.8, 4) is 0 Å². The van der Waals surface area contributed by atoms with Crippen LogP contribution in [-0.2, 0) is 19.6 Å². The summed E-state index contributed by atoms with van der Waals surface area (Å²) in [6.07, 6.45) is 1.26. The number of hydrogen-bond donors (Lipinski definition) is 1. The minimum Gasteiger partial charge on any atom is -0.462 e. The molecule has 0 aromatic heterocycles. The van der Waals surface area contributed by atoms with E-state index in [1.54, 1.807) is 4.31 Å². The first kappa shape index (κ1) is 18.3. The summed E-state index contributed by atoms with van der Waals surface area (Å²) in [5, 5.41) is 3.17. The van der Waals surface area contributed by atoms with E-state index in [9.17, 15) is 13.2 Å². The van der Waals surface area contributed by atoms with Gasteiger partial charge in [0.25, 0.3) is 6.47 Å². The Morgan fingerprint density at radius 2 is 1.84 bits per heavy atom. The summed E-state index contributed by atoms with van der Waals surface area (Å²) in [5.41, 5.74) is -0.604. The van der Waals surface area contributed by atoms with Crippen LogP contribution in [0.2, 0.25) is 0 Å². The molecule has 0 bridgehead atoms. The summed E-state index contributed by atoms with van der Waals surface area (Å²) in [6.45, 7) is 11.8. The summed E-state index contributed by atoms with van der Waals surface area (Å²) < 4.78 is 28.7. The van der Waals surface area contributed by atoms with Crippen LogP contribution in [0.1, 0.15) is 34.6 Å². The normalized spacial score (nSPS) is 20.1. The van der Waals surface area contributed by atoms with Crippen LogP contribution in [0.15, 0.2) is 0 Å². The number of rotatable bonds is 2. The largest absolute Gasteiger partial charge is 0.462 e. The zero-order valence-electron chi connectivity index (χ0n) is 12.7. The monoisotopic (exact) mass is 294 g/mol. The molecule has 7 heteroatoms. The van der Waals surface area contributed by atoms with Crippen LogP contribution in [0.25, 0.3) is 0 Å². The van der Waals surface area contributed by atoms with Crippen molar-refractivity contribution < 1.29 is 17.9 Å². The van der Waals surface area contributed by atoms with Crippen LogP contribution in [-0.4, -0.2) is 56.2 Å². The maximum atomic E-state index is 11.3. The lowest BCUT2D eigenvalue weighted by atomic mass is 10.0. The molecule has 0 atom stereocenters. The van der Waals surface area contributed by atoms with Gasteiger partial charge in [-0.2, -0.15) is 4.31 Å². The fourth-order valence-electron chi connectivity index (χ4n) is 1.72. The Morgan fingerprint density at radius 3 is 2.05 bits per heavy atom. The SMILES string of the molecule is CC(C)(C)OC=O.CC1(C)CNCCN1S(C)(=O)=O. The number of ether oxygens (including phenoxy) is 1. The summed E-state index contributed by atoms with van der Waals surface area (Å²) in [6, 6.07) is 0. The molecular weight excluding hydrogens is 268 g/mol. The van der Waals surface area contributed by atoms with E-state index in [-0.39, 0.29) is 11.1 Å². The second-order valence-corrected chi connectivity index (χ2v) is 8.06. The van der Waals surface area contributed by atoms with Crippen molar-refractivity contribution in [2.45, 2.75) is 45.8 Å². The van der Waals surface area contributed by atoms with E-state index in [1.807, 2.05) is 34.6 Å². The molecule has 1 aliphatic rings. The smallest absolute Gasteiger partial charge is 0.293 e. The molecule has 0 saturated carbocycles. The van der Waals surface area contributed by atoms with Gasteiger partial charge in [0.15, 0.2) is 0 Å². The zero-order valence-corrected chi connectivity index (χ0v) is 13.5. The van der Waals surface area contributed by atoms with Gasteiger partial charge in [-0.25, -0.2) is 8.42 Å². The highest BCUT2D eigenvalue weighted by atomic mass is 32.2. The van der Waals surface area contributed by atoms with Crippen molar-refractivity contribution in [1.82, 2.24) is 9.62 Å². The highest BCUT2D eigenvalue weighted by molar-refractivity contribution is 7.88. The molecule has 0 aliphatic carbocycles. The first-order valence-corrected chi connectivity index (χ1v) is 8.05. The number of sulfonamides is 1. The molecule has 0 spiro atoms. The first-order chi connectivity index (χ1) is 8.40. The van der Waals surface area contributed by atoms with Crippen LogP contribution >= 0.6 is 0 Å². The van der Waals surface area contributed by atoms with Gasteiger partial charge in [-0.1, -0.05) is 0 Å². The highest BCUT2D eigenvalue weighted by Gasteiger charge is 2.35. The maximum Gasteiger partial charge on any atom is 0.293 e. The average Bonchev–Trinajstić information content (AvgIpc) is 2.13. The number of hydrogen-bond acceptors (Lipinski definition) is 5. The van der Waals surface area contributed by atoms with Gasteiger partial charge in [0.2, 0.25) is 10.0 Å². The molecule has 6 nitrogen and oxygen atoms in total. The molecule has 0 unspecified atom stereocenters.